The molecule has 2 heterocycles. The Morgan fingerprint density at radius 3 is 2.67 bits per heavy atom. The monoisotopic (exact) mass is 199 g/mol. The molecule has 0 atom stereocenters. The SMILES string of the molecule is O=C1N=c2ccc3c[nH]cc3c2=NC1=O. The van der Waals surface area contributed by atoms with Gasteiger partial charge in [-0.15, -0.1) is 0 Å². The second-order valence-electron chi connectivity index (χ2n) is 3.23. The van der Waals surface area contributed by atoms with Gasteiger partial charge in [0.05, 0.1) is 5.36 Å². The second-order valence-corrected chi connectivity index (χ2v) is 3.23. The fraction of sp³-hybridized carbons (Fsp3) is 0. The predicted molar refractivity (Wildman–Crippen MR) is 50.6 cm³/mol. The first-order chi connectivity index (χ1) is 7.25. The molecule has 15 heavy (non-hydrogen) atoms. The van der Waals surface area contributed by atoms with E-state index in [9.17, 15) is 9.59 Å². The molecule has 0 unspecified atom stereocenters. The predicted octanol–water partition coefficient (Wildman–Crippen LogP) is -0.526. The van der Waals surface area contributed by atoms with Crippen molar-refractivity contribution < 1.29 is 9.59 Å². The Morgan fingerprint density at radius 1 is 1.00 bits per heavy atom. The van der Waals surface area contributed by atoms with Crippen molar-refractivity contribution in [2.24, 2.45) is 9.98 Å². The highest BCUT2D eigenvalue weighted by Gasteiger charge is 2.16. The van der Waals surface area contributed by atoms with Gasteiger partial charge < -0.3 is 4.98 Å². The highest BCUT2D eigenvalue weighted by atomic mass is 16.2. The molecular weight excluding hydrogens is 194 g/mol. The van der Waals surface area contributed by atoms with Crippen LogP contribution in [0.25, 0.3) is 10.8 Å². The Balaban J connectivity index is 2.60. The Morgan fingerprint density at radius 2 is 1.80 bits per heavy atom. The number of H-pyrrole nitrogens is 1. The van der Waals surface area contributed by atoms with Crippen LogP contribution < -0.4 is 10.7 Å². The molecule has 0 radical (unpaired) electrons. The number of amides is 2. The van der Waals surface area contributed by atoms with Crippen LogP contribution in [0.2, 0.25) is 0 Å². The number of nitrogens with one attached hydrogen (secondary N) is 1. The number of benzene rings is 1. The summed E-state index contributed by atoms with van der Waals surface area (Å²) < 4.78 is 0. The van der Waals surface area contributed by atoms with E-state index in [2.05, 4.69) is 15.0 Å². The van der Waals surface area contributed by atoms with Gasteiger partial charge in [-0.3, -0.25) is 9.59 Å². The summed E-state index contributed by atoms with van der Waals surface area (Å²) in [5, 5.41) is 2.66. The van der Waals surface area contributed by atoms with Crippen LogP contribution >= 0.6 is 0 Å². The maximum absolute atomic E-state index is 11.1. The number of rotatable bonds is 0. The summed E-state index contributed by atoms with van der Waals surface area (Å²) in [6, 6.07) is 3.51. The van der Waals surface area contributed by atoms with Crippen molar-refractivity contribution in [3.05, 3.63) is 35.2 Å². The van der Waals surface area contributed by atoms with Gasteiger partial charge >= 0.3 is 11.8 Å². The number of aromatic nitrogens is 1. The van der Waals surface area contributed by atoms with Gasteiger partial charge in [-0.25, -0.2) is 9.98 Å². The van der Waals surface area contributed by atoms with Gasteiger partial charge in [-0.2, -0.15) is 0 Å². The topological polar surface area (TPSA) is 74.7 Å². The van der Waals surface area contributed by atoms with Crippen LogP contribution in [-0.2, 0) is 9.59 Å². The molecule has 5 heteroatoms. The minimum atomic E-state index is -0.809. The highest BCUT2D eigenvalue weighted by molar-refractivity contribution is 6.36. The Hall–Kier alpha value is -2.30. The van der Waals surface area contributed by atoms with E-state index in [-0.39, 0.29) is 0 Å². The third-order valence-electron chi connectivity index (χ3n) is 2.31. The van der Waals surface area contributed by atoms with E-state index < -0.39 is 11.8 Å². The van der Waals surface area contributed by atoms with Crippen LogP contribution in [0.3, 0.4) is 0 Å². The number of fused-ring (bicyclic) bond motifs is 3. The fourth-order valence-electron chi connectivity index (χ4n) is 1.62. The van der Waals surface area contributed by atoms with Gasteiger partial charge in [0.2, 0.25) is 0 Å². The van der Waals surface area contributed by atoms with Gasteiger partial charge in [0.15, 0.2) is 0 Å². The summed E-state index contributed by atoms with van der Waals surface area (Å²) in [5.74, 6) is -1.62. The molecule has 0 bridgehead atoms. The minimum Gasteiger partial charge on any atom is -0.366 e. The van der Waals surface area contributed by atoms with Gasteiger partial charge in [0.1, 0.15) is 5.36 Å². The van der Waals surface area contributed by atoms with Crippen LogP contribution in [0, 0.1) is 0 Å². The van der Waals surface area contributed by atoms with Crippen molar-refractivity contribution >= 4 is 22.6 Å². The number of hydrogen-bond acceptors (Lipinski definition) is 2. The zero-order valence-electron chi connectivity index (χ0n) is 7.52. The van der Waals surface area contributed by atoms with Crippen molar-refractivity contribution in [3.8, 4) is 0 Å². The van der Waals surface area contributed by atoms with E-state index in [1.165, 1.54) is 0 Å². The number of nitrogens with zero attached hydrogens (tertiary/aromatic N) is 2. The molecule has 0 fully saturated rings. The number of aromatic amines is 1. The molecule has 0 saturated heterocycles. The van der Waals surface area contributed by atoms with Crippen LogP contribution in [0.1, 0.15) is 0 Å². The van der Waals surface area contributed by atoms with Gasteiger partial charge in [0, 0.05) is 23.2 Å². The molecule has 0 spiro atoms. The van der Waals surface area contributed by atoms with Crippen LogP contribution in [-0.4, -0.2) is 16.8 Å². The molecule has 0 aliphatic carbocycles. The van der Waals surface area contributed by atoms with Crippen LogP contribution in [0.15, 0.2) is 34.5 Å². The lowest BCUT2D eigenvalue weighted by molar-refractivity contribution is -0.135. The number of carbonyl (C=O) groups is 2. The van der Waals surface area contributed by atoms with Crippen molar-refractivity contribution in [1.82, 2.24) is 4.98 Å². The first kappa shape index (κ1) is 8.05. The molecule has 1 aromatic carbocycles. The molecule has 1 aliphatic rings. The standard InChI is InChI=1S/C10H5N3O2/c14-9-10(15)13-8-6-4-11-3-5(6)1-2-7(8)12-9/h1-4,11H. The Kier molecular flexibility index (Phi) is 1.39. The lowest BCUT2D eigenvalue weighted by Gasteiger charge is -1.97. The van der Waals surface area contributed by atoms with Gasteiger partial charge in [-0.05, 0) is 6.07 Å². The summed E-state index contributed by atoms with van der Waals surface area (Å²) in [5.41, 5.74) is 0. The molecule has 5 nitrogen and oxygen atoms in total. The first-order valence-corrected chi connectivity index (χ1v) is 4.37. The Labute approximate surface area is 83.2 Å². The van der Waals surface area contributed by atoms with Crippen molar-refractivity contribution in [2.45, 2.75) is 0 Å². The van der Waals surface area contributed by atoms with E-state index in [0.717, 1.165) is 10.8 Å². The van der Waals surface area contributed by atoms with Crippen molar-refractivity contribution in [1.29, 1.82) is 0 Å². The van der Waals surface area contributed by atoms with Gasteiger partial charge in [-0.1, -0.05) is 6.07 Å². The maximum atomic E-state index is 11.1. The summed E-state index contributed by atoms with van der Waals surface area (Å²) in [6.45, 7) is 0. The average Bonchev–Trinajstić information content (AvgIpc) is 2.68. The molecule has 1 aromatic heterocycles. The molecule has 2 aromatic rings. The third kappa shape index (κ3) is 1.03. The minimum absolute atomic E-state index is 0.451. The normalized spacial score (nSPS) is 14.7. The summed E-state index contributed by atoms with van der Waals surface area (Å²) in [6.07, 6.45) is 3.53. The van der Waals surface area contributed by atoms with Crippen molar-refractivity contribution in [2.75, 3.05) is 0 Å². The summed E-state index contributed by atoms with van der Waals surface area (Å²) in [7, 11) is 0. The lowest BCUT2D eigenvalue weighted by atomic mass is 10.2. The first-order valence-electron chi connectivity index (χ1n) is 4.37. The number of carbonyl (C=O) groups excluding carboxylic acids is 2. The second kappa shape index (κ2) is 2.60. The quantitative estimate of drug-likeness (QED) is 0.579. The maximum Gasteiger partial charge on any atom is 0.338 e. The van der Waals surface area contributed by atoms with E-state index in [0.29, 0.717) is 10.7 Å². The summed E-state index contributed by atoms with van der Waals surface area (Å²) in [4.78, 5) is 32.4. The van der Waals surface area contributed by atoms with Crippen molar-refractivity contribution in [3.63, 3.8) is 0 Å². The average molecular weight is 199 g/mol. The van der Waals surface area contributed by atoms with Gasteiger partial charge in [0.25, 0.3) is 0 Å². The smallest absolute Gasteiger partial charge is 0.338 e. The largest absolute Gasteiger partial charge is 0.366 e. The number of hydrogen-bond donors (Lipinski definition) is 1. The van der Waals surface area contributed by atoms with Crippen LogP contribution in [0.5, 0.6) is 0 Å². The summed E-state index contributed by atoms with van der Waals surface area (Å²) >= 11 is 0. The molecule has 1 aliphatic heterocycles. The zero-order valence-corrected chi connectivity index (χ0v) is 7.52. The van der Waals surface area contributed by atoms with Crippen LogP contribution in [0.4, 0.5) is 0 Å². The lowest BCUT2D eigenvalue weighted by Crippen LogP contribution is -2.34. The third-order valence-corrected chi connectivity index (χ3v) is 2.31. The zero-order chi connectivity index (χ0) is 10.4. The molecule has 0 saturated carbocycles. The Bertz CT molecular complexity index is 712. The molecular formula is C10H5N3O2. The highest BCUT2D eigenvalue weighted by Crippen LogP contribution is 2.05. The van der Waals surface area contributed by atoms with E-state index in [4.69, 9.17) is 0 Å². The molecule has 1 N–H and O–H groups in total. The van der Waals surface area contributed by atoms with E-state index >= 15 is 0 Å². The van der Waals surface area contributed by atoms with E-state index in [1.54, 1.807) is 18.5 Å². The molecule has 3 rings (SSSR count). The molecule has 2 amide bonds. The molecule has 72 valence electrons. The van der Waals surface area contributed by atoms with E-state index in [1.807, 2.05) is 6.07 Å². The fourth-order valence-corrected chi connectivity index (χ4v) is 1.62.